The van der Waals surface area contributed by atoms with Crippen molar-refractivity contribution >= 4 is 17.5 Å². The molecule has 0 unspecified atom stereocenters. The number of aromatic nitrogens is 3. The van der Waals surface area contributed by atoms with Gasteiger partial charge in [0.2, 0.25) is 0 Å². The third-order valence-electron chi connectivity index (χ3n) is 5.43. The van der Waals surface area contributed by atoms with E-state index in [1.807, 2.05) is 53.5 Å². The lowest BCUT2D eigenvalue weighted by molar-refractivity contribution is 0.251. The van der Waals surface area contributed by atoms with Crippen LogP contribution >= 0.6 is 0 Å². The Morgan fingerprint density at radius 1 is 1.06 bits per heavy atom. The van der Waals surface area contributed by atoms with E-state index in [2.05, 4.69) is 25.6 Å². The summed E-state index contributed by atoms with van der Waals surface area (Å²) in [6.45, 7) is 3.71. The van der Waals surface area contributed by atoms with Crippen LogP contribution in [0, 0.1) is 0 Å². The maximum Gasteiger partial charge on any atom is 0.319 e. The fourth-order valence-corrected chi connectivity index (χ4v) is 3.72. The SMILES string of the molecule is O=C(NCc1ccc(N2CCCCCC2)nc1)Nc1cccc(OCCn2cccn2)c1. The van der Waals surface area contributed by atoms with Gasteiger partial charge in [0, 0.05) is 50.0 Å². The largest absolute Gasteiger partial charge is 0.492 e. The molecular formula is C24H30N6O2. The highest BCUT2D eigenvalue weighted by molar-refractivity contribution is 5.89. The highest BCUT2D eigenvalue weighted by Crippen LogP contribution is 2.18. The molecule has 2 amide bonds. The Morgan fingerprint density at radius 2 is 1.94 bits per heavy atom. The van der Waals surface area contributed by atoms with E-state index in [1.54, 1.807) is 12.3 Å². The number of nitrogens with one attached hydrogen (secondary N) is 2. The number of carbonyl (C=O) groups is 1. The third kappa shape index (κ3) is 6.47. The van der Waals surface area contributed by atoms with Crippen molar-refractivity contribution in [1.29, 1.82) is 0 Å². The molecule has 2 aromatic heterocycles. The molecule has 1 saturated heterocycles. The van der Waals surface area contributed by atoms with Gasteiger partial charge in [0.15, 0.2) is 0 Å². The van der Waals surface area contributed by atoms with Crippen LogP contribution in [-0.2, 0) is 13.1 Å². The molecule has 0 bridgehead atoms. The summed E-state index contributed by atoms with van der Waals surface area (Å²) in [7, 11) is 0. The Hall–Kier alpha value is -3.55. The van der Waals surface area contributed by atoms with Crippen molar-refractivity contribution < 1.29 is 9.53 Å². The van der Waals surface area contributed by atoms with Gasteiger partial charge in [-0.3, -0.25) is 4.68 Å². The number of urea groups is 1. The zero-order valence-corrected chi connectivity index (χ0v) is 18.2. The summed E-state index contributed by atoms with van der Waals surface area (Å²) in [5.41, 5.74) is 1.64. The number of rotatable bonds is 8. The minimum Gasteiger partial charge on any atom is -0.492 e. The van der Waals surface area contributed by atoms with E-state index in [1.165, 1.54) is 25.7 Å². The van der Waals surface area contributed by atoms with E-state index in [0.717, 1.165) is 24.5 Å². The second kappa shape index (κ2) is 11.2. The van der Waals surface area contributed by atoms with Crippen molar-refractivity contribution in [3.05, 3.63) is 66.6 Å². The number of hydrogen-bond donors (Lipinski definition) is 2. The number of ether oxygens (including phenoxy) is 1. The molecule has 2 N–H and O–H groups in total. The number of benzene rings is 1. The van der Waals surface area contributed by atoms with Crippen molar-refractivity contribution in [1.82, 2.24) is 20.1 Å². The van der Waals surface area contributed by atoms with Crippen LogP contribution < -0.4 is 20.3 Å². The molecule has 3 heterocycles. The summed E-state index contributed by atoms with van der Waals surface area (Å²) < 4.78 is 7.57. The Labute approximate surface area is 188 Å². The lowest BCUT2D eigenvalue weighted by Crippen LogP contribution is -2.28. The number of anilines is 2. The zero-order valence-electron chi connectivity index (χ0n) is 18.2. The highest BCUT2D eigenvalue weighted by Gasteiger charge is 2.11. The molecule has 0 radical (unpaired) electrons. The summed E-state index contributed by atoms with van der Waals surface area (Å²) in [5.74, 6) is 1.72. The van der Waals surface area contributed by atoms with Gasteiger partial charge < -0.3 is 20.3 Å². The van der Waals surface area contributed by atoms with Crippen LogP contribution in [0.25, 0.3) is 0 Å². The molecule has 8 heteroatoms. The quantitative estimate of drug-likeness (QED) is 0.559. The van der Waals surface area contributed by atoms with Gasteiger partial charge in [-0.15, -0.1) is 0 Å². The Morgan fingerprint density at radius 3 is 2.69 bits per heavy atom. The summed E-state index contributed by atoms with van der Waals surface area (Å²) in [5, 5.41) is 9.88. The van der Waals surface area contributed by atoms with Crippen molar-refractivity contribution in [3.8, 4) is 5.75 Å². The van der Waals surface area contributed by atoms with E-state index in [9.17, 15) is 4.79 Å². The fraction of sp³-hybridized carbons (Fsp3) is 0.375. The molecule has 0 aliphatic carbocycles. The van der Waals surface area contributed by atoms with Gasteiger partial charge >= 0.3 is 6.03 Å². The average molecular weight is 435 g/mol. The zero-order chi connectivity index (χ0) is 22.0. The normalized spacial score (nSPS) is 13.9. The minimum atomic E-state index is -0.268. The molecule has 1 fully saturated rings. The number of carbonyl (C=O) groups excluding carboxylic acids is 1. The predicted molar refractivity (Wildman–Crippen MR) is 125 cm³/mol. The summed E-state index contributed by atoms with van der Waals surface area (Å²) in [4.78, 5) is 19.3. The molecule has 1 aliphatic heterocycles. The number of nitrogens with zero attached hydrogens (tertiary/aromatic N) is 4. The molecule has 0 spiro atoms. The van der Waals surface area contributed by atoms with Crippen molar-refractivity contribution in [2.24, 2.45) is 0 Å². The molecule has 1 aliphatic rings. The predicted octanol–water partition coefficient (Wildman–Crippen LogP) is 4.06. The molecule has 3 aromatic rings. The smallest absolute Gasteiger partial charge is 0.319 e. The molecular weight excluding hydrogens is 404 g/mol. The summed E-state index contributed by atoms with van der Waals surface area (Å²) in [6.07, 6.45) is 10.5. The molecule has 8 nitrogen and oxygen atoms in total. The first-order valence-electron chi connectivity index (χ1n) is 11.2. The topological polar surface area (TPSA) is 84.3 Å². The lowest BCUT2D eigenvalue weighted by Gasteiger charge is -2.21. The Kier molecular flexibility index (Phi) is 7.57. The van der Waals surface area contributed by atoms with Crippen molar-refractivity contribution in [3.63, 3.8) is 0 Å². The average Bonchev–Trinajstić information content (AvgIpc) is 3.18. The van der Waals surface area contributed by atoms with Gasteiger partial charge in [0.05, 0.1) is 6.54 Å². The van der Waals surface area contributed by atoms with Crippen LogP contribution in [0.1, 0.15) is 31.2 Å². The van der Waals surface area contributed by atoms with Crippen LogP contribution in [0.3, 0.4) is 0 Å². The fourth-order valence-electron chi connectivity index (χ4n) is 3.72. The van der Waals surface area contributed by atoms with Crippen LogP contribution in [0.5, 0.6) is 5.75 Å². The third-order valence-corrected chi connectivity index (χ3v) is 5.43. The van der Waals surface area contributed by atoms with Crippen LogP contribution in [0.15, 0.2) is 61.1 Å². The van der Waals surface area contributed by atoms with E-state index in [-0.39, 0.29) is 6.03 Å². The first-order chi connectivity index (χ1) is 15.8. The van der Waals surface area contributed by atoms with Gasteiger partial charge in [-0.2, -0.15) is 5.10 Å². The van der Waals surface area contributed by atoms with Crippen molar-refractivity contribution in [2.75, 3.05) is 29.9 Å². The Bertz CT molecular complexity index is 966. The van der Waals surface area contributed by atoms with Crippen molar-refractivity contribution in [2.45, 2.75) is 38.8 Å². The minimum absolute atomic E-state index is 0.268. The van der Waals surface area contributed by atoms with Gasteiger partial charge in [-0.1, -0.05) is 25.0 Å². The van der Waals surface area contributed by atoms with E-state index in [0.29, 0.717) is 31.1 Å². The molecule has 0 saturated carbocycles. The monoisotopic (exact) mass is 434 g/mol. The molecule has 4 rings (SSSR count). The summed E-state index contributed by atoms with van der Waals surface area (Å²) >= 11 is 0. The maximum atomic E-state index is 12.3. The maximum absolute atomic E-state index is 12.3. The van der Waals surface area contributed by atoms with E-state index in [4.69, 9.17) is 4.74 Å². The molecule has 168 valence electrons. The standard InChI is InChI=1S/C24H30N6O2/c31-24(26-19-20-9-10-23(25-18-20)29-12-3-1-2-4-13-29)28-21-7-5-8-22(17-21)32-16-15-30-14-6-11-27-30/h5-11,14,17-18H,1-4,12-13,15-16,19H2,(H2,26,28,31). The summed E-state index contributed by atoms with van der Waals surface area (Å²) in [6, 6.07) is 13.0. The lowest BCUT2D eigenvalue weighted by atomic mass is 10.2. The Balaban J connectivity index is 1.22. The first kappa shape index (κ1) is 21.7. The van der Waals surface area contributed by atoms with Crippen LogP contribution in [0.2, 0.25) is 0 Å². The number of hydrogen-bond acceptors (Lipinski definition) is 5. The van der Waals surface area contributed by atoms with E-state index >= 15 is 0 Å². The highest BCUT2D eigenvalue weighted by atomic mass is 16.5. The van der Waals surface area contributed by atoms with Gasteiger partial charge in [0.1, 0.15) is 18.2 Å². The second-order valence-corrected chi connectivity index (χ2v) is 7.88. The van der Waals surface area contributed by atoms with Gasteiger partial charge in [0.25, 0.3) is 0 Å². The van der Waals surface area contributed by atoms with Crippen LogP contribution in [0.4, 0.5) is 16.3 Å². The number of pyridine rings is 1. The second-order valence-electron chi connectivity index (χ2n) is 7.88. The van der Waals surface area contributed by atoms with Crippen LogP contribution in [-0.4, -0.2) is 40.5 Å². The van der Waals surface area contributed by atoms with E-state index < -0.39 is 0 Å². The number of amides is 2. The van der Waals surface area contributed by atoms with Gasteiger partial charge in [-0.25, -0.2) is 9.78 Å². The molecule has 1 aromatic carbocycles. The first-order valence-corrected chi connectivity index (χ1v) is 11.2. The molecule has 0 atom stereocenters. The van der Waals surface area contributed by atoms with Gasteiger partial charge in [-0.05, 0) is 42.7 Å². The molecule has 32 heavy (non-hydrogen) atoms.